The summed E-state index contributed by atoms with van der Waals surface area (Å²) < 4.78 is 11.2. The van der Waals surface area contributed by atoms with Crippen LogP contribution in [0.4, 0.5) is 5.69 Å². The predicted molar refractivity (Wildman–Crippen MR) is 130 cm³/mol. The van der Waals surface area contributed by atoms with Gasteiger partial charge in [-0.3, -0.25) is 4.79 Å². The Kier molecular flexibility index (Phi) is 6.20. The number of esters is 1. The third-order valence-electron chi connectivity index (χ3n) is 5.51. The zero-order chi connectivity index (χ0) is 23.7. The molecule has 0 saturated carbocycles. The van der Waals surface area contributed by atoms with Crippen LogP contribution in [0.2, 0.25) is 5.15 Å². The van der Waals surface area contributed by atoms with Gasteiger partial charge < -0.3 is 14.5 Å². The van der Waals surface area contributed by atoms with Crippen LogP contribution in [0.25, 0.3) is 22.3 Å². The number of anilines is 1. The van der Waals surface area contributed by atoms with E-state index in [1.165, 1.54) is 7.11 Å². The van der Waals surface area contributed by atoms with Crippen molar-refractivity contribution in [3.8, 4) is 11.3 Å². The monoisotopic (exact) mass is 462 g/mol. The van der Waals surface area contributed by atoms with E-state index in [0.29, 0.717) is 38.6 Å². The minimum absolute atomic E-state index is 0.111. The molecule has 2 aromatic carbocycles. The SMILES string of the molecule is COC(=O)c1cccc(-c2oc3c([C@@H](C)Nc4ccc(Cl)nc4)cc(C)cc3c(=O)c2C)c1. The molecule has 33 heavy (non-hydrogen) atoms. The fourth-order valence-corrected chi connectivity index (χ4v) is 3.97. The molecule has 0 radical (unpaired) electrons. The minimum atomic E-state index is -0.455. The first kappa shape index (κ1) is 22.6. The molecule has 7 heteroatoms. The Morgan fingerprint density at radius 2 is 1.94 bits per heavy atom. The topological polar surface area (TPSA) is 81.4 Å². The number of nitrogens with one attached hydrogen (secondary N) is 1. The molecular formula is C26H23ClN2O4. The average Bonchev–Trinajstić information content (AvgIpc) is 2.82. The highest BCUT2D eigenvalue weighted by Gasteiger charge is 2.19. The zero-order valence-electron chi connectivity index (χ0n) is 18.7. The van der Waals surface area contributed by atoms with Gasteiger partial charge in [0.2, 0.25) is 0 Å². The quantitative estimate of drug-likeness (QED) is 0.285. The molecule has 0 saturated heterocycles. The van der Waals surface area contributed by atoms with Crippen LogP contribution in [-0.2, 0) is 4.74 Å². The van der Waals surface area contributed by atoms with Gasteiger partial charge in [0.25, 0.3) is 0 Å². The van der Waals surface area contributed by atoms with Crippen LogP contribution in [0, 0.1) is 13.8 Å². The molecule has 0 aliphatic rings. The van der Waals surface area contributed by atoms with Crippen molar-refractivity contribution in [3.63, 3.8) is 0 Å². The predicted octanol–water partition coefficient (Wildman–Crippen LogP) is 6.08. The van der Waals surface area contributed by atoms with Crippen molar-refractivity contribution >= 4 is 34.2 Å². The van der Waals surface area contributed by atoms with Crippen molar-refractivity contribution < 1.29 is 13.9 Å². The summed E-state index contributed by atoms with van der Waals surface area (Å²) in [4.78, 5) is 29.4. The molecule has 0 amide bonds. The summed E-state index contributed by atoms with van der Waals surface area (Å²) in [6.45, 7) is 5.66. The summed E-state index contributed by atoms with van der Waals surface area (Å²) in [5, 5.41) is 4.31. The number of halogens is 1. The van der Waals surface area contributed by atoms with Crippen LogP contribution < -0.4 is 10.7 Å². The van der Waals surface area contributed by atoms with Gasteiger partial charge >= 0.3 is 5.97 Å². The van der Waals surface area contributed by atoms with E-state index in [2.05, 4.69) is 10.3 Å². The fourth-order valence-electron chi connectivity index (χ4n) is 3.86. The molecule has 0 fully saturated rings. The van der Waals surface area contributed by atoms with Crippen molar-refractivity contribution in [3.05, 3.63) is 92.4 Å². The first-order valence-electron chi connectivity index (χ1n) is 10.4. The van der Waals surface area contributed by atoms with Gasteiger partial charge in [-0.25, -0.2) is 9.78 Å². The van der Waals surface area contributed by atoms with E-state index < -0.39 is 5.97 Å². The number of carbonyl (C=O) groups excluding carboxylic acids is 1. The largest absolute Gasteiger partial charge is 0.465 e. The van der Waals surface area contributed by atoms with E-state index in [-0.39, 0.29) is 11.5 Å². The molecular weight excluding hydrogens is 440 g/mol. The molecule has 1 atom stereocenters. The molecule has 0 aliphatic heterocycles. The normalized spacial score (nSPS) is 11.9. The van der Waals surface area contributed by atoms with Crippen LogP contribution in [0.1, 0.15) is 40.0 Å². The third-order valence-corrected chi connectivity index (χ3v) is 5.74. The summed E-state index contributed by atoms with van der Waals surface area (Å²) >= 11 is 5.89. The Hall–Kier alpha value is -3.64. The highest BCUT2D eigenvalue weighted by molar-refractivity contribution is 6.29. The van der Waals surface area contributed by atoms with Gasteiger partial charge in [0.15, 0.2) is 5.43 Å². The van der Waals surface area contributed by atoms with E-state index in [9.17, 15) is 9.59 Å². The smallest absolute Gasteiger partial charge is 0.337 e. The lowest BCUT2D eigenvalue weighted by atomic mass is 9.98. The van der Waals surface area contributed by atoms with Crippen molar-refractivity contribution in [1.82, 2.24) is 4.98 Å². The molecule has 1 N–H and O–H groups in total. The van der Waals surface area contributed by atoms with Crippen LogP contribution in [0.15, 0.2) is 63.9 Å². The van der Waals surface area contributed by atoms with Crippen molar-refractivity contribution in [2.45, 2.75) is 26.8 Å². The van der Waals surface area contributed by atoms with Gasteiger partial charge in [-0.1, -0.05) is 29.8 Å². The molecule has 168 valence electrons. The van der Waals surface area contributed by atoms with Crippen LogP contribution in [0.3, 0.4) is 0 Å². The second kappa shape index (κ2) is 9.08. The molecule has 0 spiro atoms. The lowest BCUT2D eigenvalue weighted by Crippen LogP contribution is -2.12. The molecule has 0 unspecified atom stereocenters. The molecule has 0 aliphatic carbocycles. The highest BCUT2D eigenvalue weighted by atomic mass is 35.5. The lowest BCUT2D eigenvalue weighted by Gasteiger charge is -2.19. The van der Waals surface area contributed by atoms with Crippen LogP contribution >= 0.6 is 11.6 Å². The van der Waals surface area contributed by atoms with Gasteiger partial charge in [-0.15, -0.1) is 0 Å². The lowest BCUT2D eigenvalue weighted by molar-refractivity contribution is 0.0601. The Morgan fingerprint density at radius 1 is 1.15 bits per heavy atom. The maximum Gasteiger partial charge on any atom is 0.337 e. The Balaban J connectivity index is 1.87. The number of carbonyl (C=O) groups is 1. The number of aromatic nitrogens is 1. The molecule has 2 heterocycles. The fraction of sp³-hybridized carbons (Fsp3) is 0.192. The molecule has 4 rings (SSSR count). The summed E-state index contributed by atoms with van der Waals surface area (Å²) in [6, 6.07) is 14.1. The summed E-state index contributed by atoms with van der Waals surface area (Å²) in [5.74, 6) is -0.0351. The summed E-state index contributed by atoms with van der Waals surface area (Å²) in [7, 11) is 1.33. The molecule has 2 aromatic heterocycles. The number of nitrogens with zero attached hydrogens (tertiary/aromatic N) is 1. The number of methoxy groups -OCH3 is 1. The first-order chi connectivity index (χ1) is 15.8. The Bertz CT molecular complexity index is 1410. The van der Waals surface area contributed by atoms with Crippen LogP contribution in [0.5, 0.6) is 0 Å². The van der Waals surface area contributed by atoms with Crippen molar-refractivity contribution in [2.75, 3.05) is 12.4 Å². The van der Waals surface area contributed by atoms with Gasteiger partial charge in [0, 0.05) is 16.7 Å². The average molecular weight is 463 g/mol. The van der Waals surface area contributed by atoms with Gasteiger partial charge in [0.1, 0.15) is 16.5 Å². The number of fused-ring (bicyclic) bond motifs is 1. The standard InChI is InChI=1S/C26H23ClN2O4/c1-14-10-20(16(3)29-19-8-9-22(27)28-13-19)25-21(11-14)23(30)15(2)24(33-25)17-6-5-7-18(12-17)26(31)32-4/h5-13,16,29H,1-4H3/t16-/m1/s1. The van der Waals surface area contributed by atoms with Crippen molar-refractivity contribution in [1.29, 1.82) is 0 Å². The maximum absolute atomic E-state index is 13.3. The molecule has 4 aromatic rings. The number of aryl methyl sites for hydroxylation is 1. The van der Waals surface area contributed by atoms with E-state index in [1.54, 1.807) is 43.5 Å². The minimum Gasteiger partial charge on any atom is -0.465 e. The number of pyridine rings is 1. The van der Waals surface area contributed by atoms with E-state index >= 15 is 0 Å². The molecule has 0 bridgehead atoms. The summed E-state index contributed by atoms with van der Waals surface area (Å²) in [6.07, 6.45) is 1.65. The number of hydrogen-bond acceptors (Lipinski definition) is 6. The van der Waals surface area contributed by atoms with E-state index in [1.807, 2.05) is 32.0 Å². The third kappa shape index (κ3) is 4.47. The van der Waals surface area contributed by atoms with Gasteiger partial charge in [-0.05, 0) is 56.7 Å². The second-order valence-corrected chi connectivity index (χ2v) is 8.31. The second-order valence-electron chi connectivity index (χ2n) is 7.92. The summed E-state index contributed by atoms with van der Waals surface area (Å²) in [5.41, 5.74) is 4.45. The molecule has 6 nitrogen and oxygen atoms in total. The number of benzene rings is 2. The maximum atomic E-state index is 13.3. The van der Waals surface area contributed by atoms with Gasteiger partial charge in [-0.2, -0.15) is 0 Å². The number of hydrogen-bond donors (Lipinski definition) is 1. The van der Waals surface area contributed by atoms with Crippen LogP contribution in [-0.4, -0.2) is 18.1 Å². The highest BCUT2D eigenvalue weighted by Crippen LogP contribution is 2.32. The number of ether oxygens (including phenoxy) is 1. The van der Waals surface area contributed by atoms with E-state index in [0.717, 1.165) is 16.8 Å². The Morgan fingerprint density at radius 3 is 2.64 bits per heavy atom. The zero-order valence-corrected chi connectivity index (χ0v) is 19.5. The number of rotatable bonds is 5. The first-order valence-corrected chi connectivity index (χ1v) is 10.8. The van der Waals surface area contributed by atoms with E-state index in [4.69, 9.17) is 20.8 Å². The Labute approximate surface area is 196 Å². The van der Waals surface area contributed by atoms with Crippen molar-refractivity contribution in [2.24, 2.45) is 0 Å². The van der Waals surface area contributed by atoms with Gasteiger partial charge in [0.05, 0.1) is 36.0 Å².